The molecular formula is C15H15BrO. The summed E-state index contributed by atoms with van der Waals surface area (Å²) in [6, 6.07) is 8.66. The summed E-state index contributed by atoms with van der Waals surface area (Å²) in [6.45, 7) is 2.32. The Bertz CT molecular complexity index is 589. The Labute approximate surface area is 110 Å². The molecule has 0 aromatic heterocycles. The molecule has 88 valence electrons. The molecule has 1 nitrogen and oxygen atoms in total. The van der Waals surface area contributed by atoms with E-state index in [9.17, 15) is 0 Å². The molecule has 0 amide bonds. The fourth-order valence-electron chi connectivity index (χ4n) is 2.87. The van der Waals surface area contributed by atoms with Gasteiger partial charge in [0.15, 0.2) is 0 Å². The van der Waals surface area contributed by atoms with Gasteiger partial charge in [0.1, 0.15) is 5.75 Å². The normalized spacial score (nSPS) is 18.4. The molecule has 2 aromatic rings. The predicted molar refractivity (Wildman–Crippen MR) is 74.9 cm³/mol. The van der Waals surface area contributed by atoms with Crippen LogP contribution in [0.5, 0.6) is 5.75 Å². The average molecular weight is 291 g/mol. The van der Waals surface area contributed by atoms with Crippen molar-refractivity contribution in [2.75, 3.05) is 7.11 Å². The van der Waals surface area contributed by atoms with Crippen LogP contribution in [0, 0.1) is 0 Å². The predicted octanol–water partition coefficient (Wildman–Crippen LogP) is 4.66. The lowest BCUT2D eigenvalue weighted by molar-refractivity contribution is 0.415. The lowest BCUT2D eigenvalue weighted by atomic mass is 9.96. The first-order valence-corrected chi connectivity index (χ1v) is 6.79. The molecule has 1 aliphatic rings. The molecule has 0 fully saturated rings. The van der Waals surface area contributed by atoms with Crippen LogP contribution in [-0.2, 0) is 6.42 Å². The number of hydrogen-bond donors (Lipinski definition) is 0. The number of methoxy groups -OCH3 is 1. The Kier molecular flexibility index (Phi) is 2.62. The summed E-state index contributed by atoms with van der Waals surface area (Å²) in [5.41, 5.74) is 3.04. The third-order valence-electron chi connectivity index (χ3n) is 3.75. The molecular weight excluding hydrogens is 276 g/mol. The molecule has 0 saturated heterocycles. The average Bonchev–Trinajstić information content (AvgIpc) is 2.70. The van der Waals surface area contributed by atoms with Crippen LogP contribution in [-0.4, -0.2) is 7.11 Å². The SMILES string of the molecule is COc1cc(Br)c2c3c(ccc2c1)CCC3C. The molecule has 0 spiro atoms. The van der Waals surface area contributed by atoms with E-state index >= 15 is 0 Å². The second-order valence-corrected chi connectivity index (χ2v) is 5.64. The van der Waals surface area contributed by atoms with Crippen LogP contribution in [0.3, 0.4) is 0 Å². The van der Waals surface area contributed by atoms with Crippen LogP contribution < -0.4 is 4.74 Å². The molecule has 1 aliphatic carbocycles. The highest BCUT2D eigenvalue weighted by Crippen LogP contribution is 2.42. The highest BCUT2D eigenvalue weighted by atomic mass is 79.9. The summed E-state index contributed by atoms with van der Waals surface area (Å²) < 4.78 is 6.47. The van der Waals surface area contributed by atoms with Crippen molar-refractivity contribution in [3.63, 3.8) is 0 Å². The fourth-order valence-corrected chi connectivity index (χ4v) is 3.54. The number of halogens is 1. The Hall–Kier alpha value is -1.02. The van der Waals surface area contributed by atoms with Crippen molar-refractivity contribution in [3.8, 4) is 5.75 Å². The van der Waals surface area contributed by atoms with Gasteiger partial charge in [0.2, 0.25) is 0 Å². The van der Waals surface area contributed by atoms with E-state index in [1.807, 2.05) is 0 Å². The first-order chi connectivity index (χ1) is 8.20. The van der Waals surface area contributed by atoms with Crippen LogP contribution >= 0.6 is 15.9 Å². The Morgan fingerprint density at radius 3 is 2.88 bits per heavy atom. The molecule has 0 N–H and O–H groups in total. The summed E-state index contributed by atoms with van der Waals surface area (Å²) in [7, 11) is 1.71. The molecule has 0 saturated carbocycles. The summed E-state index contributed by atoms with van der Waals surface area (Å²) in [5, 5.41) is 2.64. The minimum absolute atomic E-state index is 0.665. The van der Waals surface area contributed by atoms with E-state index < -0.39 is 0 Å². The maximum atomic E-state index is 5.32. The zero-order valence-electron chi connectivity index (χ0n) is 10.1. The van der Waals surface area contributed by atoms with E-state index in [1.165, 1.54) is 34.7 Å². The topological polar surface area (TPSA) is 9.23 Å². The minimum Gasteiger partial charge on any atom is -0.497 e. The first kappa shape index (κ1) is 11.1. The van der Waals surface area contributed by atoms with Crippen molar-refractivity contribution in [1.82, 2.24) is 0 Å². The van der Waals surface area contributed by atoms with Gasteiger partial charge in [0, 0.05) is 4.47 Å². The van der Waals surface area contributed by atoms with Gasteiger partial charge in [-0.2, -0.15) is 0 Å². The van der Waals surface area contributed by atoms with Gasteiger partial charge < -0.3 is 4.74 Å². The van der Waals surface area contributed by atoms with Crippen molar-refractivity contribution in [3.05, 3.63) is 39.9 Å². The lowest BCUT2D eigenvalue weighted by Gasteiger charge is -2.12. The van der Waals surface area contributed by atoms with Gasteiger partial charge in [-0.3, -0.25) is 0 Å². The Balaban J connectivity index is 2.37. The minimum atomic E-state index is 0.665. The van der Waals surface area contributed by atoms with Crippen molar-refractivity contribution in [2.24, 2.45) is 0 Å². The molecule has 2 heteroatoms. The number of rotatable bonds is 1. The van der Waals surface area contributed by atoms with E-state index in [4.69, 9.17) is 4.74 Å². The number of fused-ring (bicyclic) bond motifs is 3. The number of ether oxygens (including phenoxy) is 1. The van der Waals surface area contributed by atoms with Crippen molar-refractivity contribution in [1.29, 1.82) is 0 Å². The Morgan fingerprint density at radius 2 is 2.12 bits per heavy atom. The summed E-state index contributed by atoms with van der Waals surface area (Å²) in [4.78, 5) is 0. The van der Waals surface area contributed by atoms with Gasteiger partial charge in [0.05, 0.1) is 7.11 Å². The van der Waals surface area contributed by atoms with Gasteiger partial charge in [-0.25, -0.2) is 0 Å². The van der Waals surface area contributed by atoms with Crippen LogP contribution in [0.25, 0.3) is 10.8 Å². The molecule has 1 atom stereocenters. The summed E-state index contributed by atoms with van der Waals surface area (Å²) in [5.74, 6) is 1.58. The molecule has 0 heterocycles. The van der Waals surface area contributed by atoms with Gasteiger partial charge in [-0.05, 0) is 52.8 Å². The fraction of sp³-hybridized carbons (Fsp3) is 0.333. The molecule has 0 radical (unpaired) electrons. The lowest BCUT2D eigenvalue weighted by Crippen LogP contribution is -1.91. The van der Waals surface area contributed by atoms with Crippen molar-refractivity contribution < 1.29 is 4.74 Å². The zero-order valence-corrected chi connectivity index (χ0v) is 11.7. The quantitative estimate of drug-likeness (QED) is 0.742. The molecule has 17 heavy (non-hydrogen) atoms. The van der Waals surface area contributed by atoms with Gasteiger partial charge in [-0.15, -0.1) is 0 Å². The second kappa shape index (κ2) is 4.02. The van der Waals surface area contributed by atoms with Crippen molar-refractivity contribution >= 4 is 26.7 Å². The number of hydrogen-bond acceptors (Lipinski definition) is 1. The van der Waals surface area contributed by atoms with Gasteiger partial charge in [-0.1, -0.05) is 35.0 Å². The van der Waals surface area contributed by atoms with E-state index in [2.05, 4.69) is 47.1 Å². The third kappa shape index (κ3) is 1.66. The second-order valence-electron chi connectivity index (χ2n) is 4.79. The number of aryl methyl sites for hydroxylation is 1. The molecule has 3 rings (SSSR count). The van der Waals surface area contributed by atoms with Gasteiger partial charge in [0.25, 0.3) is 0 Å². The highest BCUT2D eigenvalue weighted by molar-refractivity contribution is 9.10. The van der Waals surface area contributed by atoms with Crippen LogP contribution in [0.2, 0.25) is 0 Å². The van der Waals surface area contributed by atoms with E-state index in [-0.39, 0.29) is 0 Å². The molecule has 0 bridgehead atoms. The first-order valence-electron chi connectivity index (χ1n) is 5.99. The molecule has 2 aromatic carbocycles. The standard InChI is InChI=1S/C15H15BrO/c1-9-3-4-10-5-6-11-7-12(17-2)8-13(16)15(11)14(9)10/h5-9H,3-4H2,1-2H3. The largest absolute Gasteiger partial charge is 0.497 e. The Morgan fingerprint density at radius 1 is 1.29 bits per heavy atom. The number of benzene rings is 2. The van der Waals surface area contributed by atoms with Crippen LogP contribution in [0.4, 0.5) is 0 Å². The molecule has 0 aliphatic heterocycles. The van der Waals surface area contributed by atoms with E-state index in [0.29, 0.717) is 5.92 Å². The summed E-state index contributed by atoms with van der Waals surface area (Å²) in [6.07, 6.45) is 2.48. The third-order valence-corrected chi connectivity index (χ3v) is 4.37. The van der Waals surface area contributed by atoms with Crippen LogP contribution in [0.15, 0.2) is 28.7 Å². The molecule has 1 unspecified atom stereocenters. The van der Waals surface area contributed by atoms with Crippen LogP contribution in [0.1, 0.15) is 30.4 Å². The maximum Gasteiger partial charge on any atom is 0.120 e. The maximum absolute atomic E-state index is 5.32. The summed E-state index contributed by atoms with van der Waals surface area (Å²) >= 11 is 3.69. The van der Waals surface area contributed by atoms with E-state index in [0.717, 1.165) is 10.2 Å². The zero-order chi connectivity index (χ0) is 12.0. The van der Waals surface area contributed by atoms with E-state index in [1.54, 1.807) is 7.11 Å². The monoisotopic (exact) mass is 290 g/mol. The highest BCUT2D eigenvalue weighted by Gasteiger charge is 2.22. The van der Waals surface area contributed by atoms with Crippen molar-refractivity contribution in [2.45, 2.75) is 25.7 Å². The van der Waals surface area contributed by atoms with Gasteiger partial charge >= 0.3 is 0 Å². The smallest absolute Gasteiger partial charge is 0.120 e.